The molecule has 0 bridgehead atoms. The van der Waals surface area contributed by atoms with Crippen molar-refractivity contribution in [3.8, 4) is 0 Å². The van der Waals surface area contributed by atoms with Crippen molar-refractivity contribution in [2.24, 2.45) is 0 Å². The number of benzene rings is 2. The molecular weight excluding hydrogens is 362 g/mol. The number of carbonyl (C=O) groups excluding carboxylic acids is 1. The molecule has 26 heavy (non-hydrogen) atoms. The fourth-order valence-corrected chi connectivity index (χ4v) is 2.12. The number of hydrogen-bond donors (Lipinski definition) is 2. The highest BCUT2D eigenvalue weighted by atomic mass is 19.4. The Morgan fingerprint density at radius 2 is 1.31 bits per heavy atom. The molecule has 0 saturated carbocycles. The van der Waals surface area contributed by atoms with Gasteiger partial charge in [-0.05, 0) is 36.4 Å². The van der Waals surface area contributed by atoms with Crippen molar-refractivity contribution in [2.45, 2.75) is 18.8 Å². The first-order chi connectivity index (χ1) is 12.1. The molecule has 0 atom stereocenters. The Bertz CT molecular complexity index is 770. The number of nitrogens with one attached hydrogen (secondary N) is 2. The number of anilines is 2. The molecule has 0 fully saturated rings. The molecule has 0 unspecified atom stereocenters. The molecule has 0 aliphatic rings. The lowest BCUT2D eigenvalue weighted by molar-refractivity contribution is -0.138. The standard InChI is InChI=1S/C17H14F6N2O/c18-16(19,20)11-3-1-5-13(9-11)24-8-7-15(26)25-14-6-2-4-12(10-14)17(21,22)23/h1-6,9-10,24H,7-8H2,(H,25,26). The van der Waals surface area contributed by atoms with E-state index in [4.69, 9.17) is 0 Å². The summed E-state index contributed by atoms with van der Waals surface area (Å²) >= 11 is 0. The third-order valence-electron chi connectivity index (χ3n) is 3.34. The molecule has 9 heteroatoms. The van der Waals surface area contributed by atoms with Gasteiger partial charge >= 0.3 is 12.4 Å². The third-order valence-corrected chi connectivity index (χ3v) is 3.34. The van der Waals surface area contributed by atoms with Crippen LogP contribution in [0, 0.1) is 0 Å². The molecule has 2 N–H and O–H groups in total. The van der Waals surface area contributed by atoms with E-state index >= 15 is 0 Å². The van der Waals surface area contributed by atoms with E-state index in [1.807, 2.05) is 0 Å². The first-order valence-corrected chi connectivity index (χ1v) is 7.44. The number of alkyl halides is 6. The van der Waals surface area contributed by atoms with Gasteiger partial charge in [-0.2, -0.15) is 26.3 Å². The molecule has 140 valence electrons. The molecule has 3 nitrogen and oxygen atoms in total. The van der Waals surface area contributed by atoms with Crippen LogP contribution < -0.4 is 10.6 Å². The summed E-state index contributed by atoms with van der Waals surface area (Å²) in [4.78, 5) is 11.8. The van der Waals surface area contributed by atoms with Crippen molar-refractivity contribution in [3.63, 3.8) is 0 Å². The molecule has 0 saturated heterocycles. The van der Waals surface area contributed by atoms with Crippen LogP contribution in [0.3, 0.4) is 0 Å². The Morgan fingerprint density at radius 3 is 1.85 bits per heavy atom. The van der Waals surface area contributed by atoms with E-state index in [1.165, 1.54) is 24.3 Å². The van der Waals surface area contributed by atoms with E-state index < -0.39 is 29.4 Å². The minimum absolute atomic E-state index is 0.0103. The second-order valence-corrected chi connectivity index (χ2v) is 5.38. The van der Waals surface area contributed by atoms with Crippen LogP contribution in [-0.4, -0.2) is 12.5 Å². The summed E-state index contributed by atoms with van der Waals surface area (Å²) in [6, 6.07) is 8.64. The van der Waals surface area contributed by atoms with Crippen molar-refractivity contribution in [1.29, 1.82) is 0 Å². The summed E-state index contributed by atoms with van der Waals surface area (Å²) in [7, 11) is 0. The van der Waals surface area contributed by atoms with Crippen LogP contribution >= 0.6 is 0 Å². The quantitative estimate of drug-likeness (QED) is 0.708. The lowest BCUT2D eigenvalue weighted by Crippen LogP contribution is -2.17. The highest BCUT2D eigenvalue weighted by Crippen LogP contribution is 2.31. The third kappa shape index (κ3) is 5.68. The van der Waals surface area contributed by atoms with Crippen LogP contribution in [0.2, 0.25) is 0 Å². The Hall–Kier alpha value is -2.71. The largest absolute Gasteiger partial charge is 0.416 e. The predicted molar refractivity (Wildman–Crippen MR) is 84.6 cm³/mol. The van der Waals surface area contributed by atoms with Gasteiger partial charge in [-0.15, -0.1) is 0 Å². The maximum atomic E-state index is 12.6. The van der Waals surface area contributed by atoms with Crippen molar-refractivity contribution in [3.05, 3.63) is 59.7 Å². The second kappa shape index (κ2) is 7.67. The Morgan fingerprint density at radius 1 is 0.808 bits per heavy atom. The Labute approximate surface area is 145 Å². The van der Waals surface area contributed by atoms with E-state index in [2.05, 4.69) is 10.6 Å². The van der Waals surface area contributed by atoms with Crippen LogP contribution in [0.15, 0.2) is 48.5 Å². The smallest absolute Gasteiger partial charge is 0.385 e. The second-order valence-electron chi connectivity index (χ2n) is 5.38. The maximum absolute atomic E-state index is 12.6. The maximum Gasteiger partial charge on any atom is 0.416 e. The van der Waals surface area contributed by atoms with Crippen LogP contribution in [0.5, 0.6) is 0 Å². The molecule has 0 aromatic heterocycles. The molecule has 2 aromatic carbocycles. The molecule has 2 rings (SSSR count). The van der Waals surface area contributed by atoms with Gasteiger partial charge in [0.15, 0.2) is 0 Å². The van der Waals surface area contributed by atoms with E-state index in [0.717, 1.165) is 24.3 Å². The topological polar surface area (TPSA) is 41.1 Å². The normalized spacial score (nSPS) is 11.9. The number of amides is 1. The first-order valence-electron chi connectivity index (χ1n) is 7.44. The van der Waals surface area contributed by atoms with Gasteiger partial charge in [-0.3, -0.25) is 4.79 Å². The number of halogens is 6. The van der Waals surface area contributed by atoms with Gasteiger partial charge in [0.25, 0.3) is 0 Å². The Balaban J connectivity index is 1.88. The van der Waals surface area contributed by atoms with Gasteiger partial charge < -0.3 is 10.6 Å². The summed E-state index contributed by atoms with van der Waals surface area (Å²) in [6.45, 7) is 0.0199. The van der Waals surface area contributed by atoms with Gasteiger partial charge in [-0.25, -0.2) is 0 Å². The van der Waals surface area contributed by atoms with Crippen molar-refractivity contribution < 1.29 is 31.1 Å². The van der Waals surface area contributed by atoms with Gasteiger partial charge in [0.05, 0.1) is 11.1 Å². The van der Waals surface area contributed by atoms with Crippen molar-refractivity contribution in [1.82, 2.24) is 0 Å². The Kier molecular flexibility index (Phi) is 5.79. The summed E-state index contributed by atoms with van der Waals surface area (Å²) in [6.07, 6.45) is -9.13. The minimum atomic E-state index is -4.52. The average Bonchev–Trinajstić information content (AvgIpc) is 2.54. The average molecular weight is 376 g/mol. The van der Waals surface area contributed by atoms with E-state index in [9.17, 15) is 31.1 Å². The monoisotopic (exact) mass is 376 g/mol. The minimum Gasteiger partial charge on any atom is -0.385 e. The molecule has 0 spiro atoms. The highest BCUT2D eigenvalue weighted by Gasteiger charge is 2.31. The van der Waals surface area contributed by atoms with E-state index in [-0.39, 0.29) is 24.3 Å². The molecule has 1 amide bonds. The fraction of sp³-hybridized carbons (Fsp3) is 0.235. The number of rotatable bonds is 5. The first kappa shape index (κ1) is 19.6. The highest BCUT2D eigenvalue weighted by molar-refractivity contribution is 5.91. The lowest BCUT2D eigenvalue weighted by atomic mass is 10.2. The number of hydrogen-bond acceptors (Lipinski definition) is 2. The lowest BCUT2D eigenvalue weighted by Gasteiger charge is -2.11. The zero-order valence-corrected chi connectivity index (χ0v) is 13.2. The summed E-state index contributed by atoms with van der Waals surface area (Å²) < 4.78 is 75.6. The van der Waals surface area contributed by atoms with Gasteiger partial charge in [-0.1, -0.05) is 12.1 Å². The predicted octanol–water partition coefficient (Wildman–Crippen LogP) is 5.16. The zero-order valence-electron chi connectivity index (χ0n) is 13.2. The number of carbonyl (C=O) groups is 1. The van der Waals surface area contributed by atoms with Crippen LogP contribution in [0.1, 0.15) is 17.5 Å². The molecule has 0 heterocycles. The zero-order chi connectivity index (χ0) is 19.4. The molecule has 0 radical (unpaired) electrons. The molecular formula is C17H14F6N2O. The van der Waals surface area contributed by atoms with Crippen molar-refractivity contribution in [2.75, 3.05) is 17.2 Å². The van der Waals surface area contributed by atoms with Crippen LogP contribution in [0.4, 0.5) is 37.7 Å². The van der Waals surface area contributed by atoms with E-state index in [0.29, 0.717) is 0 Å². The van der Waals surface area contributed by atoms with Crippen molar-refractivity contribution >= 4 is 17.3 Å². The summed E-state index contributed by atoms with van der Waals surface area (Å²) in [5.41, 5.74) is -1.54. The van der Waals surface area contributed by atoms with Gasteiger partial charge in [0, 0.05) is 24.3 Å². The summed E-state index contributed by atoms with van der Waals surface area (Å²) in [5.74, 6) is -0.566. The van der Waals surface area contributed by atoms with Crippen LogP contribution in [-0.2, 0) is 17.1 Å². The van der Waals surface area contributed by atoms with Gasteiger partial charge in [0.2, 0.25) is 5.91 Å². The SMILES string of the molecule is O=C(CCNc1cccc(C(F)(F)F)c1)Nc1cccc(C(F)(F)F)c1. The molecule has 2 aromatic rings. The fourth-order valence-electron chi connectivity index (χ4n) is 2.12. The van der Waals surface area contributed by atoms with Crippen LogP contribution in [0.25, 0.3) is 0 Å². The molecule has 0 aliphatic carbocycles. The van der Waals surface area contributed by atoms with Gasteiger partial charge in [0.1, 0.15) is 0 Å². The summed E-state index contributed by atoms with van der Waals surface area (Å²) in [5, 5.41) is 4.99. The molecule has 0 aliphatic heterocycles. The van der Waals surface area contributed by atoms with E-state index in [1.54, 1.807) is 0 Å².